The average Bonchev–Trinajstić information content (AvgIpc) is 2.88. The lowest BCUT2D eigenvalue weighted by Gasteiger charge is -2.21. The molecule has 0 aliphatic carbocycles. The Labute approximate surface area is 120 Å². The standard InChI is InChI=1S/C13H16BrN5/c14-11-3-1-2-4-12(11)19-13(16-17-18-19)9-10-5-7-15-8-6-10/h1-4,10,15H,5-9H2. The molecule has 5 nitrogen and oxygen atoms in total. The van der Waals surface area contributed by atoms with Gasteiger partial charge >= 0.3 is 0 Å². The highest BCUT2D eigenvalue weighted by Crippen LogP contribution is 2.22. The summed E-state index contributed by atoms with van der Waals surface area (Å²) in [6.45, 7) is 2.20. The molecule has 0 saturated carbocycles. The molecular weight excluding hydrogens is 306 g/mol. The van der Waals surface area contributed by atoms with Crippen molar-refractivity contribution in [2.24, 2.45) is 5.92 Å². The fourth-order valence-corrected chi connectivity index (χ4v) is 2.94. The molecule has 0 spiro atoms. The van der Waals surface area contributed by atoms with E-state index in [9.17, 15) is 0 Å². The summed E-state index contributed by atoms with van der Waals surface area (Å²) < 4.78 is 2.85. The van der Waals surface area contributed by atoms with E-state index in [0.717, 1.165) is 35.5 Å². The third kappa shape index (κ3) is 2.84. The van der Waals surface area contributed by atoms with E-state index < -0.39 is 0 Å². The normalized spacial score (nSPS) is 16.7. The van der Waals surface area contributed by atoms with Gasteiger partial charge in [-0.25, -0.2) is 0 Å². The number of piperidine rings is 1. The van der Waals surface area contributed by atoms with Gasteiger partial charge in [-0.1, -0.05) is 12.1 Å². The highest BCUT2D eigenvalue weighted by molar-refractivity contribution is 9.10. The van der Waals surface area contributed by atoms with Crippen LogP contribution >= 0.6 is 15.9 Å². The van der Waals surface area contributed by atoms with Crippen molar-refractivity contribution < 1.29 is 0 Å². The number of tetrazole rings is 1. The Morgan fingerprint density at radius 3 is 2.84 bits per heavy atom. The SMILES string of the molecule is Brc1ccccc1-n1nnnc1CC1CCNCC1. The van der Waals surface area contributed by atoms with Gasteiger partial charge in [-0.2, -0.15) is 4.68 Å². The second kappa shape index (κ2) is 5.79. The van der Waals surface area contributed by atoms with E-state index >= 15 is 0 Å². The molecule has 1 saturated heterocycles. The maximum atomic E-state index is 4.19. The quantitative estimate of drug-likeness (QED) is 0.939. The molecule has 1 aromatic carbocycles. The van der Waals surface area contributed by atoms with Crippen LogP contribution in [0.25, 0.3) is 5.69 Å². The van der Waals surface area contributed by atoms with E-state index in [1.54, 1.807) is 0 Å². The van der Waals surface area contributed by atoms with Crippen molar-refractivity contribution in [2.75, 3.05) is 13.1 Å². The van der Waals surface area contributed by atoms with E-state index in [1.807, 2.05) is 28.9 Å². The third-order valence-electron chi connectivity index (χ3n) is 3.54. The van der Waals surface area contributed by atoms with Crippen LogP contribution in [0.2, 0.25) is 0 Å². The molecule has 3 rings (SSSR count). The first kappa shape index (κ1) is 12.7. The number of hydrogen-bond donors (Lipinski definition) is 1. The van der Waals surface area contributed by atoms with Crippen molar-refractivity contribution in [2.45, 2.75) is 19.3 Å². The molecule has 100 valence electrons. The number of aromatic nitrogens is 4. The van der Waals surface area contributed by atoms with Crippen LogP contribution in [-0.4, -0.2) is 33.3 Å². The first-order chi connectivity index (χ1) is 9.34. The van der Waals surface area contributed by atoms with Crippen molar-refractivity contribution in [3.63, 3.8) is 0 Å². The lowest BCUT2D eigenvalue weighted by Crippen LogP contribution is -2.29. The van der Waals surface area contributed by atoms with Gasteiger partial charge in [0.15, 0.2) is 5.82 Å². The van der Waals surface area contributed by atoms with Crippen LogP contribution in [0, 0.1) is 5.92 Å². The molecule has 0 radical (unpaired) electrons. The van der Waals surface area contributed by atoms with Crippen molar-refractivity contribution in [3.8, 4) is 5.69 Å². The van der Waals surface area contributed by atoms with Gasteiger partial charge < -0.3 is 5.32 Å². The number of benzene rings is 1. The molecule has 6 heteroatoms. The van der Waals surface area contributed by atoms with E-state index in [1.165, 1.54) is 12.8 Å². The van der Waals surface area contributed by atoms with Gasteiger partial charge in [0.25, 0.3) is 0 Å². The fourth-order valence-electron chi connectivity index (χ4n) is 2.49. The predicted molar refractivity (Wildman–Crippen MR) is 76.2 cm³/mol. The minimum atomic E-state index is 0.675. The molecule has 1 aliphatic heterocycles. The van der Waals surface area contributed by atoms with Gasteiger partial charge in [0.05, 0.1) is 5.69 Å². The smallest absolute Gasteiger partial charge is 0.157 e. The van der Waals surface area contributed by atoms with E-state index in [2.05, 4.69) is 36.8 Å². The molecule has 2 heterocycles. The lowest BCUT2D eigenvalue weighted by molar-refractivity contribution is 0.365. The maximum Gasteiger partial charge on any atom is 0.157 e. The molecule has 0 unspecified atom stereocenters. The number of halogens is 1. The fraction of sp³-hybridized carbons (Fsp3) is 0.462. The number of rotatable bonds is 3. The van der Waals surface area contributed by atoms with Crippen molar-refractivity contribution in [3.05, 3.63) is 34.6 Å². The number of para-hydroxylation sites is 1. The highest BCUT2D eigenvalue weighted by Gasteiger charge is 2.18. The molecular formula is C13H16BrN5. The summed E-state index contributed by atoms with van der Waals surface area (Å²) in [7, 11) is 0. The summed E-state index contributed by atoms with van der Waals surface area (Å²) >= 11 is 3.55. The first-order valence-electron chi connectivity index (χ1n) is 6.57. The molecule has 0 amide bonds. The van der Waals surface area contributed by atoms with Gasteiger partial charge in [0.2, 0.25) is 0 Å². The van der Waals surface area contributed by atoms with Gasteiger partial charge in [-0.05, 0) is 70.3 Å². The summed E-state index contributed by atoms with van der Waals surface area (Å²) in [6, 6.07) is 8.01. The molecule has 19 heavy (non-hydrogen) atoms. The second-order valence-corrected chi connectivity index (χ2v) is 5.71. The minimum absolute atomic E-state index is 0.675. The molecule has 1 aliphatic rings. The zero-order chi connectivity index (χ0) is 13.1. The number of hydrogen-bond acceptors (Lipinski definition) is 4. The zero-order valence-corrected chi connectivity index (χ0v) is 12.2. The number of nitrogens with zero attached hydrogens (tertiary/aromatic N) is 4. The van der Waals surface area contributed by atoms with Gasteiger partial charge in [-0.15, -0.1) is 5.10 Å². The molecule has 0 bridgehead atoms. The van der Waals surface area contributed by atoms with Crippen LogP contribution in [0.1, 0.15) is 18.7 Å². The summed E-state index contributed by atoms with van der Waals surface area (Å²) in [4.78, 5) is 0. The maximum absolute atomic E-state index is 4.19. The van der Waals surface area contributed by atoms with E-state index in [0.29, 0.717) is 5.92 Å². The first-order valence-corrected chi connectivity index (χ1v) is 7.37. The van der Waals surface area contributed by atoms with Crippen LogP contribution < -0.4 is 5.32 Å². The van der Waals surface area contributed by atoms with Gasteiger partial charge in [-0.3, -0.25) is 0 Å². The van der Waals surface area contributed by atoms with Crippen LogP contribution in [0.3, 0.4) is 0 Å². The van der Waals surface area contributed by atoms with Crippen LogP contribution in [0.15, 0.2) is 28.7 Å². The van der Waals surface area contributed by atoms with Crippen molar-refractivity contribution >= 4 is 15.9 Å². The summed E-state index contributed by atoms with van der Waals surface area (Å²) in [5.74, 6) is 1.62. The largest absolute Gasteiger partial charge is 0.317 e. The molecule has 0 atom stereocenters. The van der Waals surface area contributed by atoms with Crippen LogP contribution in [0.5, 0.6) is 0 Å². The van der Waals surface area contributed by atoms with Crippen LogP contribution in [-0.2, 0) is 6.42 Å². The monoisotopic (exact) mass is 321 g/mol. The summed E-state index contributed by atoms with van der Waals surface area (Å²) in [5.41, 5.74) is 0.997. The van der Waals surface area contributed by atoms with E-state index in [-0.39, 0.29) is 0 Å². The predicted octanol–water partition coefficient (Wildman–Crippen LogP) is 1.97. The van der Waals surface area contributed by atoms with Crippen molar-refractivity contribution in [1.29, 1.82) is 0 Å². The Morgan fingerprint density at radius 1 is 1.26 bits per heavy atom. The van der Waals surface area contributed by atoms with Gasteiger partial charge in [0.1, 0.15) is 0 Å². The van der Waals surface area contributed by atoms with Crippen molar-refractivity contribution in [1.82, 2.24) is 25.5 Å². The second-order valence-electron chi connectivity index (χ2n) is 4.86. The Kier molecular flexibility index (Phi) is 3.89. The molecule has 1 N–H and O–H groups in total. The third-order valence-corrected chi connectivity index (χ3v) is 4.22. The Hall–Kier alpha value is -1.27. The Balaban J connectivity index is 1.84. The minimum Gasteiger partial charge on any atom is -0.317 e. The Morgan fingerprint density at radius 2 is 2.05 bits per heavy atom. The summed E-state index contributed by atoms with van der Waals surface area (Å²) in [6.07, 6.45) is 3.33. The molecule has 1 fully saturated rings. The topological polar surface area (TPSA) is 55.6 Å². The molecule has 1 aromatic heterocycles. The van der Waals surface area contributed by atoms with Gasteiger partial charge in [0, 0.05) is 10.9 Å². The summed E-state index contributed by atoms with van der Waals surface area (Å²) in [5, 5.41) is 15.5. The molecule has 2 aromatic rings. The van der Waals surface area contributed by atoms with Crippen LogP contribution in [0.4, 0.5) is 0 Å². The average molecular weight is 322 g/mol. The lowest BCUT2D eigenvalue weighted by atomic mass is 9.94. The Bertz CT molecular complexity index is 547. The number of nitrogens with one attached hydrogen (secondary N) is 1. The highest BCUT2D eigenvalue weighted by atomic mass is 79.9. The zero-order valence-electron chi connectivity index (χ0n) is 10.6. The van der Waals surface area contributed by atoms with E-state index in [4.69, 9.17) is 0 Å².